The molecule has 0 spiro atoms. The Kier molecular flexibility index (Phi) is 6.67. The van der Waals surface area contributed by atoms with Crippen LogP contribution >= 0.6 is 22.7 Å². The molecule has 0 aliphatic rings. The molecule has 0 amide bonds. The minimum atomic E-state index is 0.467. The number of thiazole rings is 1. The molecule has 0 radical (unpaired) electrons. The van der Waals surface area contributed by atoms with E-state index >= 15 is 0 Å². The molecule has 2 heterocycles. The van der Waals surface area contributed by atoms with Gasteiger partial charge >= 0.3 is 0 Å². The summed E-state index contributed by atoms with van der Waals surface area (Å²) in [5.41, 5.74) is 0. The average molecular weight is 324 g/mol. The smallest absolute Gasteiger partial charge is 0.185 e. The van der Waals surface area contributed by atoms with E-state index in [0.29, 0.717) is 6.04 Å². The van der Waals surface area contributed by atoms with E-state index in [1.165, 1.54) is 22.6 Å². The molecule has 1 N–H and O–H groups in total. The zero-order chi connectivity index (χ0) is 15.1. The third kappa shape index (κ3) is 4.53. The second kappa shape index (κ2) is 8.51. The number of hydrogen-bond acceptors (Lipinski definition) is 5. The van der Waals surface area contributed by atoms with Crippen molar-refractivity contribution in [3.8, 4) is 0 Å². The number of nitrogens with zero attached hydrogens (tertiary/aromatic N) is 2. The van der Waals surface area contributed by atoms with Gasteiger partial charge in [-0.05, 0) is 31.7 Å². The van der Waals surface area contributed by atoms with Crippen LogP contribution in [-0.2, 0) is 6.54 Å². The lowest BCUT2D eigenvalue weighted by Crippen LogP contribution is -2.21. The summed E-state index contributed by atoms with van der Waals surface area (Å²) < 4.78 is 0. The molecule has 0 saturated carbocycles. The average Bonchev–Trinajstić information content (AvgIpc) is 3.17. The van der Waals surface area contributed by atoms with Crippen LogP contribution in [0.3, 0.4) is 0 Å². The van der Waals surface area contributed by atoms with E-state index in [2.05, 4.69) is 53.5 Å². The first-order valence-corrected chi connectivity index (χ1v) is 9.44. The Hall–Kier alpha value is -0.910. The van der Waals surface area contributed by atoms with Crippen LogP contribution in [0, 0.1) is 0 Å². The zero-order valence-corrected chi connectivity index (χ0v) is 14.8. The van der Waals surface area contributed by atoms with Gasteiger partial charge in [-0.2, -0.15) is 0 Å². The summed E-state index contributed by atoms with van der Waals surface area (Å²) >= 11 is 3.64. The first kappa shape index (κ1) is 16.5. The van der Waals surface area contributed by atoms with Gasteiger partial charge in [0.05, 0.1) is 0 Å². The SMILES string of the molecule is CCCC(NCc1cnc(N(CC)CC)s1)c1cccs1. The first-order valence-electron chi connectivity index (χ1n) is 7.74. The van der Waals surface area contributed by atoms with Crippen molar-refractivity contribution >= 4 is 27.8 Å². The van der Waals surface area contributed by atoms with Crippen molar-refractivity contribution in [2.24, 2.45) is 0 Å². The van der Waals surface area contributed by atoms with E-state index in [1.807, 2.05) is 17.5 Å². The van der Waals surface area contributed by atoms with Gasteiger partial charge in [0.1, 0.15) is 0 Å². The summed E-state index contributed by atoms with van der Waals surface area (Å²) in [6.07, 6.45) is 4.40. The van der Waals surface area contributed by atoms with Crippen LogP contribution in [0.2, 0.25) is 0 Å². The first-order chi connectivity index (χ1) is 10.3. The molecule has 5 heteroatoms. The predicted octanol–water partition coefficient (Wildman–Crippen LogP) is 4.68. The van der Waals surface area contributed by atoms with Gasteiger partial charge in [-0.1, -0.05) is 19.4 Å². The molecule has 2 rings (SSSR count). The quantitative estimate of drug-likeness (QED) is 0.726. The molecular weight excluding hydrogens is 298 g/mol. The molecule has 0 aliphatic heterocycles. The molecule has 0 aliphatic carbocycles. The summed E-state index contributed by atoms with van der Waals surface area (Å²) in [4.78, 5) is 9.60. The van der Waals surface area contributed by atoms with E-state index in [-0.39, 0.29) is 0 Å². The molecule has 0 saturated heterocycles. The maximum atomic E-state index is 4.55. The predicted molar refractivity (Wildman–Crippen MR) is 94.5 cm³/mol. The van der Waals surface area contributed by atoms with Gasteiger partial charge in [0.2, 0.25) is 0 Å². The molecule has 2 aromatic rings. The van der Waals surface area contributed by atoms with Crippen molar-refractivity contribution in [3.05, 3.63) is 33.5 Å². The molecule has 1 unspecified atom stereocenters. The Labute approximate surface area is 136 Å². The van der Waals surface area contributed by atoms with Crippen LogP contribution in [-0.4, -0.2) is 18.1 Å². The summed E-state index contributed by atoms with van der Waals surface area (Å²) in [5.74, 6) is 0. The molecule has 3 nitrogen and oxygen atoms in total. The van der Waals surface area contributed by atoms with E-state index in [4.69, 9.17) is 0 Å². The van der Waals surface area contributed by atoms with Crippen LogP contribution in [0.5, 0.6) is 0 Å². The Bertz CT molecular complexity index is 503. The Morgan fingerprint density at radius 2 is 2.10 bits per heavy atom. The van der Waals surface area contributed by atoms with Gasteiger partial charge in [-0.25, -0.2) is 4.98 Å². The number of aromatic nitrogens is 1. The number of hydrogen-bond donors (Lipinski definition) is 1. The zero-order valence-electron chi connectivity index (χ0n) is 13.1. The highest BCUT2D eigenvalue weighted by Crippen LogP contribution is 2.26. The monoisotopic (exact) mass is 323 g/mol. The minimum Gasteiger partial charge on any atom is -0.349 e. The lowest BCUT2D eigenvalue weighted by Gasteiger charge is -2.17. The lowest BCUT2D eigenvalue weighted by atomic mass is 10.1. The van der Waals surface area contributed by atoms with Crippen LogP contribution in [0.4, 0.5) is 5.13 Å². The maximum Gasteiger partial charge on any atom is 0.185 e. The fraction of sp³-hybridized carbons (Fsp3) is 0.562. The molecule has 116 valence electrons. The maximum absolute atomic E-state index is 4.55. The second-order valence-corrected chi connectivity index (χ2v) is 7.09. The van der Waals surface area contributed by atoms with Crippen molar-refractivity contribution < 1.29 is 0 Å². The van der Waals surface area contributed by atoms with E-state index < -0.39 is 0 Å². The highest BCUT2D eigenvalue weighted by Gasteiger charge is 2.13. The van der Waals surface area contributed by atoms with Crippen LogP contribution in [0.1, 0.15) is 49.4 Å². The normalized spacial score (nSPS) is 12.5. The number of nitrogens with one attached hydrogen (secondary N) is 1. The highest BCUT2D eigenvalue weighted by molar-refractivity contribution is 7.15. The molecule has 0 fully saturated rings. The van der Waals surface area contributed by atoms with Crippen molar-refractivity contribution in [2.45, 2.75) is 46.2 Å². The van der Waals surface area contributed by atoms with E-state index in [1.54, 1.807) is 11.3 Å². The molecule has 1 atom stereocenters. The van der Waals surface area contributed by atoms with Crippen molar-refractivity contribution in [1.29, 1.82) is 0 Å². The Morgan fingerprint density at radius 1 is 1.29 bits per heavy atom. The van der Waals surface area contributed by atoms with Gasteiger partial charge in [0.25, 0.3) is 0 Å². The Morgan fingerprint density at radius 3 is 2.71 bits per heavy atom. The van der Waals surface area contributed by atoms with Gasteiger partial charge in [0, 0.05) is 41.6 Å². The largest absolute Gasteiger partial charge is 0.349 e. The van der Waals surface area contributed by atoms with E-state index in [9.17, 15) is 0 Å². The second-order valence-electron chi connectivity index (χ2n) is 5.02. The van der Waals surface area contributed by atoms with Crippen LogP contribution in [0.15, 0.2) is 23.7 Å². The fourth-order valence-corrected chi connectivity index (χ4v) is 4.19. The molecular formula is C16H25N3S2. The molecule has 21 heavy (non-hydrogen) atoms. The van der Waals surface area contributed by atoms with Gasteiger partial charge < -0.3 is 10.2 Å². The topological polar surface area (TPSA) is 28.2 Å². The molecule has 0 aromatic carbocycles. The fourth-order valence-electron chi connectivity index (χ4n) is 2.37. The summed E-state index contributed by atoms with van der Waals surface area (Å²) in [6.45, 7) is 9.54. The van der Waals surface area contributed by atoms with Gasteiger partial charge in [0.15, 0.2) is 5.13 Å². The van der Waals surface area contributed by atoms with Crippen LogP contribution < -0.4 is 10.2 Å². The number of rotatable bonds is 9. The molecule has 2 aromatic heterocycles. The summed E-state index contributed by atoms with van der Waals surface area (Å²) in [5, 5.41) is 6.99. The number of anilines is 1. The Balaban J connectivity index is 1.95. The number of thiophene rings is 1. The third-order valence-electron chi connectivity index (χ3n) is 3.56. The lowest BCUT2D eigenvalue weighted by molar-refractivity contribution is 0.503. The third-order valence-corrected chi connectivity index (χ3v) is 5.61. The highest BCUT2D eigenvalue weighted by atomic mass is 32.1. The van der Waals surface area contributed by atoms with Crippen molar-refractivity contribution in [3.63, 3.8) is 0 Å². The standard InChI is InChI=1S/C16H25N3S2/c1-4-8-14(15-9-7-10-20-15)17-11-13-12-18-16(21-13)19(5-2)6-3/h7,9-10,12,14,17H,4-6,8,11H2,1-3H3. The van der Waals surface area contributed by atoms with Crippen molar-refractivity contribution in [1.82, 2.24) is 10.3 Å². The molecule has 0 bridgehead atoms. The summed E-state index contributed by atoms with van der Waals surface area (Å²) in [7, 11) is 0. The van der Waals surface area contributed by atoms with Crippen molar-refractivity contribution in [2.75, 3.05) is 18.0 Å². The van der Waals surface area contributed by atoms with E-state index in [0.717, 1.165) is 24.8 Å². The summed E-state index contributed by atoms with van der Waals surface area (Å²) in [6, 6.07) is 4.83. The minimum absolute atomic E-state index is 0.467. The van der Waals surface area contributed by atoms with Gasteiger partial charge in [-0.3, -0.25) is 0 Å². The van der Waals surface area contributed by atoms with Gasteiger partial charge in [-0.15, -0.1) is 22.7 Å². The van der Waals surface area contributed by atoms with Crippen LogP contribution in [0.25, 0.3) is 0 Å².